The zero-order chi connectivity index (χ0) is 11.5. The van der Waals surface area contributed by atoms with Crippen molar-refractivity contribution in [3.8, 4) is 0 Å². The molecule has 4 nitrogen and oxygen atoms in total. The molecule has 0 aromatic heterocycles. The van der Waals surface area contributed by atoms with Crippen molar-refractivity contribution in [2.75, 3.05) is 5.75 Å². The smallest absolute Gasteiger partial charge is 0.229 e. The number of nitrogens with zero attached hydrogens (tertiary/aromatic N) is 3. The molecule has 1 unspecified atom stereocenters. The summed E-state index contributed by atoms with van der Waals surface area (Å²) in [5.74, 6) is 1.77. The monoisotopic (exact) mass is 254 g/mol. The van der Waals surface area contributed by atoms with Gasteiger partial charge in [-0.1, -0.05) is 18.5 Å². The Balaban J connectivity index is 2.39. The summed E-state index contributed by atoms with van der Waals surface area (Å²) in [6, 6.07) is 7.36. The highest BCUT2D eigenvalue weighted by atomic mass is 35.5. The molecule has 1 aromatic carbocycles. The fraction of sp³-hybridized carbons (Fsp3) is 0.200. The summed E-state index contributed by atoms with van der Waals surface area (Å²) in [4.78, 5) is 4.12. The summed E-state index contributed by atoms with van der Waals surface area (Å²) in [5.41, 5.74) is 6.55. The Labute approximate surface area is 101 Å². The summed E-state index contributed by atoms with van der Waals surface area (Å²) < 4.78 is 8.55. The van der Waals surface area contributed by atoms with Crippen LogP contribution in [0.3, 0.4) is 0 Å². The molecule has 1 aromatic rings. The number of halogens is 1. The van der Waals surface area contributed by atoms with Crippen molar-refractivity contribution in [1.29, 1.82) is 0 Å². The molecule has 0 saturated carbocycles. The molecule has 16 heavy (non-hydrogen) atoms. The molecule has 0 radical (unpaired) electrons. The van der Waals surface area contributed by atoms with E-state index in [2.05, 4.69) is 13.8 Å². The van der Waals surface area contributed by atoms with Crippen LogP contribution in [0.4, 0.5) is 0 Å². The predicted octanol–water partition coefficient (Wildman–Crippen LogP) is 2.15. The minimum absolute atomic E-state index is 0.296. The Kier molecular flexibility index (Phi) is 3.36. The van der Waals surface area contributed by atoms with Gasteiger partial charge in [0.1, 0.15) is 0 Å². The molecule has 2 rings (SSSR count). The van der Waals surface area contributed by atoms with Gasteiger partial charge < -0.3 is 5.73 Å². The number of hydrogen-bond donors (Lipinski definition) is 1. The van der Waals surface area contributed by atoms with E-state index in [1.165, 1.54) is 0 Å². The van der Waals surface area contributed by atoms with E-state index in [9.17, 15) is 0 Å². The fourth-order valence-corrected chi connectivity index (χ4v) is 2.25. The Morgan fingerprint density at radius 1 is 1.31 bits per heavy atom. The zero-order valence-corrected chi connectivity index (χ0v) is 10.3. The van der Waals surface area contributed by atoms with Crippen LogP contribution >= 0.6 is 11.6 Å². The summed E-state index contributed by atoms with van der Waals surface area (Å²) in [7, 11) is -0.393. The van der Waals surface area contributed by atoms with Crippen molar-refractivity contribution >= 4 is 34.3 Å². The first-order valence-corrected chi connectivity index (χ1v) is 6.49. The fourth-order valence-electron chi connectivity index (χ4n) is 1.22. The van der Waals surface area contributed by atoms with E-state index in [0.717, 1.165) is 11.3 Å². The molecule has 1 atom stereocenters. The van der Waals surface area contributed by atoms with Gasteiger partial charge in [-0.3, -0.25) is 0 Å². The minimum Gasteiger partial charge on any atom is -0.367 e. The third-order valence-electron chi connectivity index (χ3n) is 1.97. The number of hydrogen-bond acceptors (Lipinski definition) is 4. The molecule has 0 aliphatic carbocycles. The van der Waals surface area contributed by atoms with Gasteiger partial charge in [0.25, 0.3) is 0 Å². The number of aliphatic imine (C=N–C) groups is 1. The van der Waals surface area contributed by atoms with Crippen LogP contribution in [0.1, 0.15) is 12.5 Å². The van der Waals surface area contributed by atoms with Crippen LogP contribution in [0.15, 0.2) is 38.0 Å². The van der Waals surface area contributed by atoms with Crippen LogP contribution in [0, 0.1) is 0 Å². The lowest BCUT2D eigenvalue weighted by Gasteiger charge is -2.08. The third-order valence-corrected chi connectivity index (χ3v) is 3.52. The van der Waals surface area contributed by atoms with Gasteiger partial charge in [-0.05, 0) is 24.3 Å². The molecule has 0 fully saturated rings. The van der Waals surface area contributed by atoms with Crippen LogP contribution in [-0.4, -0.2) is 17.5 Å². The molecular weight excluding hydrogens is 244 g/mol. The second-order valence-electron chi connectivity index (χ2n) is 3.11. The van der Waals surface area contributed by atoms with E-state index < -0.39 is 10.9 Å². The van der Waals surface area contributed by atoms with Crippen molar-refractivity contribution < 1.29 is 0 Å². The van der Waals surface area contributed by atoms with E-state index >= 15 is 0 Å². The molecule has 1 aliphatic heterocycles. The zero-order valence-electron chi connectivity index (χ0n) is 8.72. The average Bonchev–Trinajstić information content (AvgIpc) is 2.29. The van der Waals surface area contributed by atoms with Crippen LogP contribution in [-0.2, 0) is 10.9 Å². The Bertz CT molecular complexity index is 490. The molecule has 6 heteroatoms. The lowest BCUT2D eigenvalue weighted by atomic mass is 10.2. The van der Waals surface area contributed by atoms with Gasteiger partial charge in [0.15, 0.2) is 5.84 Å². The van der Waals surface area contributed by atoms with Gasteiger partial charge in [0, 0.05) is 27.2 Å². The summed E-state index contributed by atoms with van der Waals surface area (Å²) in [6.45, 7) is 2.02. The van der Waals surface area contributed by atoms with Crippen molar-refractivity contribution in [3.63, 3.8) is 0 Å². The summed E-state index contributed by atoms with van der Waals surface area (Å²) in [5, 5.41) is 0.691. The highest BCUT2D eigenvalue weighted by Crippen LogP contribution is 2.13. The second kappa shape index (κ2) is 4.76. The van der Waals surface area contributed by atoms with Crippen LogP contribution in [0.5, 0.6) is 0 Å². The SMILES string of the molecule is CCS1=NC(c2ccc(Cl)cc2)=NC(N)=N1. The maximum absolute atomic E-state index is 5.82. The largest absolute Gasteiger partial charge is 0.367 e. The first kappa shape index (κ1) is 11.3. The lowest BCUT2D eigenvalue weighted by Crippen LogP contribution is -2.17. The van der Waals surface area contributed by atoms with Crippen molar-refractivity contribution in [1.82, 2.24) is 0 Å². The molecule has 1 heterocycles. The molecule has 1 aliphatic rings. The molecule has 0 amide bonds. The molecule has 2 N–H and O–H groups in total. The van der Waals surface area contributed by atoms with Crippen LogP contribution in [0.25, 0.3) is 0 Å². The molecule has 84 valence electrons. The van der Waals surface area contributed by atoms with Gasteiger partial charge in [-0.15, -0.1) is 0 Å². The van der Waals surface area contributed by atoms with Gasteiger partial charge in [-0.25, -0.2) is 0 Å². The van der Waals surface area contributed by atoms with Crippen LogP contribution < -0.4 is 5.73 Å². The van der Waals surface area contributed by atoms with Gasteiger partial charge >= 0.3 is 0 Å². The molecule has 0 bridgehead atoms. The molecular formula is C10H11ClN4S. The van der Waals surface area contributed by atoms with Gasteiger partial charge in [0.05, 0.1) is 0 Å². The standard InChI is InChI=1S/C10H11ClN4S/c1-2-16-14-9(13-10(12)15-16)7-3-5-8(11)6-4-7/h3-6H,2H2,1H3,(H2,12,13,14,15). The highest BCUT2D eigenvalue weighted by molar-refractivity contribution is 7.86. The summed E-state index contributed by atoms with van der Waals surface area (Å²) >= 11 is 5.82. The second-order valence-corrected chi connectivity index (χ2v) is 5.17. The van der Waals surface area contributed by atoms with Gasteiger partial charge in [-0.2, -0.15) is 13.8 Å². The topological polar surface area (TPSA) is 63.1 Å². The lowest BCUT2D eigenvalue weighted by molar-refractivity contribution is 1.40. The number of amidine groups is 1. The number of benzene rings is 1. The van der Waals surface area contributed by atoms with E-state index in [1.807, 2.05) is 19.1 Å². The van der Waals surface area contributed by atoms with Crippen LogP contribution in [0.2, 0.25) is 5.02 Å². The number of rotatable bonds is 2. The minimum atomic E-state index is -0.393. The summed E-state index contributed by atoms with van der Waals surface area (Å²) in [6.07, 6.45) is 0. The Hall–Kier alpha value is -1.20. The maximum Gasteiger partial charge on any atom is 0.229 e. The quantitative estimate of drug-likeness (QED) is 0.864. The van der Waals surface area contributed by atoms with E-state index in [0.29, 0.717) is 16.8 Å². The van der Waals surface area contributed by atoms with Gasteiger partial charge in [0.2, 0.25) is 5.96 Å². The number of nitrogens with two attached hydrogens (primary N) is 1. The van der Waals surface area contributed by atoms with E-state index in [4.69, 9.17) is 17.3 Å². The average molecular weight is 255 g/mol. The van der Waals surface area contributed by atoms with Crippen molar-refractivity contribution in [2.24, 2.45) is 19.5 Å². The van der Waals surface area contributed by atoms with Crippen molar-refractivity contribution in [3.05, 3.63) is 34.9 Å². The number of guanidine groups is 1. The highest BCUT2D eigenvalue weighted by Gasteiger charge is 2.09. The van der Waals surface area contributed by atoms with E-state index in [1.54, 1.807) is 12.1 Å². The molecule has 0 spiro atoms. The maximum atomic E-state index is 5.82. The first-order chi connectivity index (χ1) is 7.69. The molecule has 0 saturated heterocycles. The first-order valence-electron chi connectivity index (χ1n) is 4.80. The third kappa shape index (κ3) is 2.48. The van der Waals surface area contributed by atoms with Crippen molar-refractivity contribution in [2.45, 2.75) is 6.92 Å². The Morgan fingerprint density at radius 3 is 2.62 bits per heavy atom. The Morgan fingerprint density at radius 2 is 2.00 bits per heavy atom. The predicted molar refractivity (Wildman–Crippen MR) is 69.9 cm³/mol. The van der Waals surface area contributed by atoms with E-state index in [-0.39, 0.29) is 0 Å². The normalized spacial score (nSPS) is 19.8.